The number of carbonyl (C=O) groups is 3. The lowest BCUT2D eigenvalue weighted by atomic mass is 10.1. The fourth-order valence-electron chi connectivity index (χ4n) is 2.33. The summed E-state index contributed by atoms with van der Waals surface area (Å²) in [6.07, 6.45) is 0. The molecule has 2 amide bonds. The van der Waals surface area contributed by atoms with Gasteiger partial charge in [-0.2, -0.15) is 0 Å². The van der Waals surface area contributed by atoms with Gasteiger partial charge < -0.3 is 19.4 Å². The zero-order valence-electron chi connectivity index (χ0n) is 16.0. The molecule has 0 saturated carbocycles. The van der Waals surface area contributed by atoms with Gasteiger partial charge in [0.1, 0.15) is 18.1 Å². The molecule has 0 aliphatic heterocycles. The van der Waals surface area contributed by atoms with Crippen LogP contribution in [0.1, 0.15) is 33.0 Å². The van der Waals surface area contributed by atoms with Gasteiger partial charge in [0.25, 0.3) is 11.8 Å². The van der Waals surface area contributed by atoms with Crippen LogP contribution in [0.15, 0.2) is 34.7 Å². The lowest BCUT2D eigenvalue weighted by Crippen LogP contribution is -2.34. The first kappa shape index (κ1) is 20.2. The van der Waals surface area contributed by atoms with Crippen molar-refractivity contribution in [2.24, 2.45) is 0 Å². The molecule has 0 atom stereocenters. The highest BCUT2D eigenvalue weighted by Crippen LogP contribution is 2.10. The molecular weight excluding hydrogens is 348 g/mol. The van der Waals surface area contributed by atoms with E-state index in [0.717, 1.165) is 16.9 Å². The summed E-state index contributed by atoms with van der Waals surface area (Å²) in [5, 5.41) is 2.49. The number of nitrogens with zero attached hydrogens (tertiary/aromatic N) is 1. The van der Waals surface area contributed by atoms with E-state index in [-0.39, 0.29) is 24.9 Å². The SMILES string of the molecule is Cc1ccc(CN(C)C(=O)COC(=O)CNC(=O)c2ccc(C)c(C)c2)o1. The minimum atomic E-state index is -0.678. The first-order valence-corrected chi connectivity index (χ1v) is 8.56. The van der Waals surface area contributed by atoms with Crippen molar-refractivity contribution in [2.45, 2.75) is 27.3 Å². The molecule has 1 heterocycles. The normalized spacial score (nSPS) is 10.4. The van der Waals surface area contributed by atoms with Crippen LogP contribution in [0.4, 0.5) is 0 Å². The van der Waals surface area contributed by atoms with Crippen LogP contribution in [0.3, 0.4) is 0 Å². The first-order valence-electron chi connectivity index (χ1n) is 8.56. The largest absolute Gasteiger partial charge is 0.464 e. The van der Waals surface area contributed by atoms with Crippen molar-refractivity contribution in [2.75, 3.05) is 20.2 Å². The number of hydrogen-bond acceptors (Lipinski definition) is 5. The second kappa shape index (κ2) is 9.02. The zero-order chi connectivity index (χ0) is 20.0. The van der Waals surface area contributed by atoms with Gasteiger partial charge in [-0.25, -0.2) is 0 Å². The standard InChI is InChI=1S/C20H24N2O5/c1-13-5-7-16(9-14(13)2)20(25)21-10-19(24)26-12-18(23)22(4)11-17-8-6-15(3)27-17/h5-9H,10-12H2,1-4H3,(H,21,25). The Balaban J connectivity index is 1.74. The third-order valence-electron chi connectivity index (χ3n) is 4.13. The van der Waals surface area contributed by atoms with E-state index in [0.29, 0.717) is 11.3 Å². The molecule has 1 aromatic carbocycles. The van der Waals surface area contributed by atoms with Crippen LogP contribution in [-0.2, 0) is 20.9 Å². The van der Waals surface area contributed by atoms with Gasteiger partial charge in [0.15, 0.2) is 6.61 Å². The Labute approximate surface area is 158 Å². The number of benzene rings is 1. The molecule has 0 spiro atoms. The molecule has 0 aliphatic carbocycles. The van der Waals surface area contributed by atoms with Crippen molar-refractivity contribution in [3.63, 3.8) is 0 Å². The van der Waals surface area contributed by atoms with Crippen LogP contribution in [0.5, 0.6) is 0 Å². The zero-order valence-corrected chi connectivity index (χ0v) is 16.0. The highest BCUT2D eigenvalue weighted by atomic mass is 16.5. The second-order valence-corrected chi connectivity index (χ2v) is 6.40. The highest BCUT2D eigenvalue weighted by Gasteiger charge is 2.15. The molecule has 7 heteroatoms. The van der Waals surface area contributed by atoms with E-state index < -0.39 is 12.6 Å². The number of carbonyl (C=O) groups excluding carboxylic acids is 3. The van der Waals surface area contributed by atoms with Crippen molar-refractivity contribution < 1.29 is 23.5 Å². The van der Waals surface area contributed by atoms with Crippen molar-refractivity contribution in [1.29, 1.82) is 0 Å². The van der Waals surface area contributed by atoms with Gasteiger partial charge in [-0.1, -0.05) is 6.07 Å². The number of rotatable bonds is 7. The maximum atomic E-state index is 12.1. The number of likely N-dealkylation sites (N-methyl/N-ethyl adjacent to an activating group) is 1. The molecule has 1 aromatic heterocycles. The molecule has 144 valence electrons. The van der Waals surface area contributed by atoms with Gasteiger partial charge in [-0.15, -0.1) is 0 Å². The molecule has 0 radical (unpaired) electrons. The molecule has 1 N–H and O–H groups in total. The number of aryl methyl sites for hydroxylation is 3. The molecule has 2 rings (SSSR count). The lowest BCUT2D eigenvalue weighted by molar-refractivity contribution is -0.150. The average Bonchev–Trinajstić information content (AvgIpc) is 3.04. The van der Waals surface area contributed by atoms with E-state index in [9.17, 15) is 14.4 Å². The minimum absolute atomic E-state index is 0.285. The Morgan fingerprint density at radius 2 is 1.81 bits per heavy atom. The van der Waals surface area contributed by atoms with E-state index in [1.165, 1.54) is 4.90 Å². The predicted octanol–water partition coefficient (Wildman–Crippen LogP) is 2.14. The number of amides is 2. The van der Waals surface area contributed by atoms with Crippen LogP contribution in [0.2, 0.25) is 0 Å². The van der Waals surface area contributed by atoms with Crippen LogP contribution in [0, 0.1) is 20.8 Å². The summed E-state index contributed by atoms with van der Waals surface area (Å²) in [6.45, 7) is 5.27. The summed E-state index contributed by atoms with van der Waals surface area (Å²) in [5.74, 6) is -0.000491. The lowest BCUT2D eigenvalue weighted by Gasteiger charge is -2.15. The molecule has 0 bridgehead atoms. The molecule has 0 aliphatic rings. The highest BCUT2D eigenvalue weighted by molar-refractivity contribution is 5.96. The van der Waals surface area contributed by atoms with Gasteiger partial charge in [-0.05, 0) is 56.2 Å². The van der Waals surface area contributed by atoms with E-state index >= 15 is 0 Å². The molecule has 27 heavy (non-hydrogen) atoms. The molecular formula is C20H24N2O5. The van der Waals surface area contributed by atoms with Gasteiger partial charge in [0, 0.05) is 12.6 Å². The summed E-state index contributed by atoms with van der Waals surface area (Å²) in [5.41, 5.74) is 2.54. The third-order valence-corrected chi connectivity index (χ3v) is 4.13. The smallest absolute Gasteiger partial charge is 0.325 e. The number of hydrogen-bond donors (Lipinski definition) is 1. The van der Waals surface area contributed by atoms with E-state index in [4.69, 9.17) is 9.15 Å². The van der Waals surface area contributed by atoms with Crippen molar-refractivity contribution in [3.05, 3.63) is 58.5 Å². The van der Waals surface area contributed by atoms with Gasteiger partial charge >= 0.3 is 5.97 Å². The Bertz CT molecular complexity index is 841. The maximum Gasteiger partial charge on any atom is 0.325 e. The topological polar surface area (TPSA) is 88.9 Å². The molecule has 0 saturated heterocycles. The molecule has 7 nitrogen and oxygen atoms in total. The van der Waals surface area contributed by atoms with E-state index in [1.54, 1.807) is 25.2 Å². The van der Waals surface area contributed by atoms with Gasteiger partial charge in [0.05, 0.1) is 6.54 Å². The summed E-state index contributed by atoms with van der Waals surface area (Å²) >= 11 is 0. The second-order valence-electron chi connectivity index (χ2n) is 6.40. The molecule has 0 fully saturated rings. The Morgan fingerprint density at radius 3 is 2.44 bits per heavy atom. The first-order chi connectivity index (χ1) is 12.8. The summed E-state index contributed by atoms with van der Waals surface area (Å²) in [6, 6.07) is 8.89. The van der Waals surface area contributed by atoms with Crippen molar-refractivity contribution in [3.8, 4) is 0 Å². The number of furan rings is 1. The Hall–Kier alpha value is -3.09. The number of nitrogens with one attached hydrogen (secondary N) is 1. The quantitative estimate of drug-likeness (QED) is 0.752. The summed E-state index contributed by atoms with van der Waals surface area (Å²) < 4.78 is 10.3. The number of esters is 1. The molecule has 0 unspecified atom stereocenters. The minimum Gasteiger partial charge on any atom is -0.464 e. The van der Waals surface area contributed by atoms with Crippen LogP contribution >= 0.6 is 0 Å². The predicted molar refractivity (Wildman–Crippen MR) is 99.1 cm³/mol. The van der Waals surface area contributed by atoms with Crippen LogP contribution in [0.25, 0.3) is 0 Å². The fourth-order valence-corrected chi connectivity index (χ4v) is 2.33. The van der Waals surface area contributed by atoms with Gasteiger partial charge in [0.2, 0.25) is 0 Å². The summed E-state index contributed by atoms with van der Waals surface area (Å²) in [7, 11) is 1.59. The van der Waals surface area contributed by atoms with Crippen LogP contribution < -0.4 is 5.32 Å². The Kier molecular flexibility index (Phi) is 6.76. The third kappa shape index (κ3) is 5.99. The fraction of sp³-hybridized carbons (Fsp3) is 0.350. The van der Waals surface area contributed by atoms with Gasteiger partial charge in [-0.3, -0.25) is 14.4 Å². The van der Waals surface area contributed by atoms with E-state index in [1.807, 2.05) is 32.9 Å². The Morgan fingerprint density at radius 1 is 1.07 bits per heavy atom. The number of ether oxygens (including phenoxy) is 1. The summed E-state index contributed by atoms with van der Waals surface area (Å²) in [4.78, 5) is 37.2. The maximum absolute atomic E-state index is 12.1. The monoisotopic (exact) mass is 372 g/mol. The van der Waals surface area contributed by atoms with E-state index in [2.05, 4.69) is 5.32 Å². The van der Waals surface area contributed by atoms with Crippen LogP contribution in [-0.4, -0.2) is 42.9 Å². The average molecular weight is 372 g/mol. The molecule has 2 aromatic rings. The van der Waals surface area contributed by atoms with Crippen molar-refractivity contribution >= 4 is 17.8 Å². The van der Waals surface area contributed by atoms with Crippen molar-refractivity contribution in [1.82, 2.24) is 10.2 Å².